The van der Waals surface area contributed by atoms with Gasteiger partial charge in [0.1, 0.15) is 11.9 Å². The van der Waals surface area contributed by atoms with Gasteiger partial charge in [0.15, 0.2) is 0 Å². The van der Waals surface area contributed by atoms with Crippen molar-refractivity contribution in [2.24, 2.45) is 5.92 Å². The average Bonchev–Trinajstić information content (AvgIpc) is 3.27. The number of ether oxygens (including phenoxy) is 2. The van der Waals surface area contributed by atoms with Gasteiger partial charge in [-0.25, -0.2) is 0 Å². The summed E-state index contributed by atoms with van der Waals surface area (Å²) >= 11 is 0. The first-order chi connectivity index (χ1) is 14.6. The minimum Gasteiger partial charge on any atom is -0.488 e. The summed E-state index contributed by atoms with van der Waals surface area (Å²) in [7, 11) is 0. The van der Waals surface area contributed by atoms with Crippen LogP contribution in [0.1, 0.15) is 60.8 Å². The van der Waals surface area contributed by atoms with Crippen molar-refractivity contribution in [3.05, 3.63) is 64.7 Å². The number of aliphatic hydroxyl groups is 2. The van der Waals surface area contributed by atoms with Crippen LogP contribution in [-0.4, -0.2) is 42.2 Å². The Bertz CT molecular complexity index is 810. The summed E-state index contributed by atoms with van der Waals surface area (Å²) in [5.41, 5.74) is 5.29. The van der Waals surface area contributed by atoms with E-state index in [1.54, 1.807) is 0 Å². The maximum absolute atomic E-state index is 10.2. The molecule has 2 aromatic rings. The maximum atomic E-state index is 10.2. The molecule has 2 N–H and O–H groups in total. The molecule has 1 heterocycles. The molecule has 0 radical (unpaired) electrons. The zero-order chi connectivity index (χ0) is 20.9. The summed E-state index contributed by atoms with van der Waals surface area (Å²) in [6.45, 7) is 3.83. The smallest absolute Gasteiger partial charge is 0.124 e. The van der Waals surface area contributed by atoms with Crippen LogP contribution in [0.4, 0.5) is 0 Å². The monoisotopic (exact) mass is 410 g/mol. The minimum absolute atomic E-state index is 0.162. The van der Waals surface area contributed by atoms with Crippen LogP contribution in [0.25, 0.3) is 0 Å². The largest absolute Gasteiger partial charge is 0.488 e. The van der Waals surface area contributed by atoms with Gasteiger partial charge in [-0.05, 0) is 78.3 Å². The van der Waals surface area contributed by atoms with Crippen molar-refractivity contribution in [2.45, 2.75) is 63.6 Å². The molecule has 4 unspecified atom stereocenters. The molecule has 0 bridgehead atoms. The number of benzene rings is 2. The van der Waals surface area contributed by atoms with Crippen LogP contribution in [0.3, 0.4) is 0 Å². The molecule has 0 amide bonds. The van der Waals surface area contributed by atoms with E-state index in [0.29, 0.717) is 18.9 Å². The Morgan fingerprint density at radius 1 is 1.03 bits per heavy atom. The predicted octanol–water partition coefficient (Wildman–Crippen LogP) is 4.24. The molecule has 4 heteroatoms. The number of rotatable bonds is 7. The quantitative estimate of drug-likeness (QED) is 0.717. The molecular weight excluding hydrogens is 376 g/mol. The molecule has 2 aromatic carbocycles. The average molecular weight is 411 g/mol. The van der Waals surface area contributed by atoms with E-state index in [1.165, 1.54) is 22.3 Å². The Kier molecular flexibility index (Phi) is 7.08. The Morgan fingerprint density at radius 3 is 2.57 bits per heavy atom. The first kappa shape index (κ1) is 21.4. The zero-order valence-corrected chi connectivity index (χ0v) is 17.9. The van der Waals surface area contributed by atoms with Crippen molar-refractivity contribution >= 4 is 0 Å². The number of hydrogen-bond acceptors (Lipinski definition) is 4. The molecule has 1 saturated heterocycles. The number of aliphatic hydroxyl groups excluding tert-OH is 2. The SMILES string of the molecule is CCc1ccc(C2CC(O)CC(CO)C2)cc1Cc1ccc(OC2CCOC2)cc1. The zero-order valence-electron chi connectivity index (χ0n) is 17.9. The number of aryl methyl sites for hydroxylation is 1. The lowest BCUT2D eigenvalue weighted by Crippen LogP contribution is -2.27. The molecule has 1 saturated carbocycles. The lowest BCUT2D eigenvalue weighted by molar-refractivity contribution is 0.0650. The third-order valence-electron chi connectivity index (χ3n) is 6.63. The van der Waals surface area contributed by atoms with E-state index in [-0.39, 0.29) is 24.7 Å². The first-order valence-electron chi connectivity index (χ1n) is 11.4. The van der Waals surface area contributed by atoms with Crippen LogP contribution in [0.5, 0.6) is 5.75 Å². The summed E-state index contributed by atoms with van der Waals surface area (Å²) in [5, 5.41) is 19.8. The summed E-state index contributed by atoms with van der Waals surface area (Å²) < 4.78 is 11.4. The summed E-state index contributed by atoms with van der Waals surface area (Å²) in [4.78, 5) is 0. The van der Waals surface area contributed by atoms with E-state index in [9.17, 15) is 10.2 Å². The van der Waals surface area contributed by atoms with Gasteiger partial charge in [0, 0.05) is 13.0 Å². The summed E-state index contributed by atoms with van der Waals surface area (Å²) in [5.74, 6) is 1.43. The van der Waals surface area contributed by atoms with Crippen LogP contribution >= 0.6 is 0 Å². The van der Waals surface area contributed by atoms with Crippen molar-refractivity contribution in [3.8, 4) is 5.75 Å². The van der Waals surface area contributed by atoms with Crippen LogP contribution in [-0.2, 0) is 17.6 Å². The van der Waals surface area contributed by atoms with Crippen molar-refractivity contribution in [3.63, 3.8) is 0 Å². The van der Waals surface area contributed by atoms with Gasteiger partial charge in [-0.15, -0.1) is 0 Å². The van der Waals surface area contributed by atoms with Crippen LogP contribution in [0, 0.1) is 5.92 Å². The molecule has 4 rings (SSSR count). The molecule has 0 aromatic heterocycles. The third kappa shape index (κ3) is 5.23. The van der Waals surface area contributed by atoms with E-state index >= 15 is 0 Å². The second kappa shape index (κ2) is 9.95. The molecule has 162 valence electrons. The highest BCUT2D eigenvalue weighted by Crippen LogP contribution is 2.37. The van der Waals surface area contributed by atoms with Crippen LogP contribution < -0.4 is 4.74 Å². The fourth-order valence-corrected chi connectivity index (χ4v) is 4.94. The third-order valence-corrected chi connectivity index (χ3v) is 6.63. The van der Waals surface area contributed by atoms with E-state index < -0.39 is 0 Å². The molecule has 4 nitrogen and oxygen atoms in total. The van der Waals surface area contributed by atoms with E-state index in [2.05, 4.69) is 49.4 Å². The fraction of sp³-hybridized carbons (Fsp3) is 0.538. The van der Waals surface area contributed by atoms with Gasteiger partial charge in [-0.1, -0.05) is 37.3 Å². The van der Waals surface area contributed by atoms with Crippen molar-refractivity contribution < 1.29 is 19.7 Å². The Hall–Kier alpha value is -1.88. The van der Waals surface area contributed by atoms with Gasteiger partial charge in [-0.2, -0.15) is 0 Å². The van der Waals surface area contributed by atoms with Gasteiger partial charge in [0.25, 0.3) is 0 Å². The van der Waals surface area contributed by atoms with Crippen molar-refractivity contribution in [2.75, 3.05) is 19.8 Å². The fourth-order valence-electron chi connectivity index (χ4n) is 4.94. The second-order valence-electron chi connectivity index (χ2n) is 8.91. The van der Waals surface area contributed by atoms with Gasteiger partial charge < -0.3 is 19.7 Å². The Balaban J connectivity index is 1.48. The Labute approximate surface area is 179 Å². The standard InChI is InChI=1S/C26H34O4/c1-2-20-5-6-21(23-12-19(16-27)13-24(28)15-23)14-22(20)11-18-3-7-25(8-4-18)30-26-9-10-29-17-26/h3-8,14,19,23-24,26-28H,2,9-13,15-17H2,1H3. The normalized spacial score (nSPS) is 26.6. The van der Waals surface area contributed by atoms with Gasteiger partial charge in [0.05, 0.1) is 19.3 Å². The maximum Gasteiger partial charge on any atom is 0.124 e. The Morgan fingerprint density at radius 2 is 1.87 bits per heavy atom. The minimum atomic E-state index is -0.312. The van der Waals surface area contributed by atoms with E-state index in [1.807, 2.05) is 0 Å². The summed E-state index contributed by atoms with van der Waals surface area (Å²) in [6.07, 6.45) is 5.18. The molecule has 0 spiro atoms. The number of hydrogen-bond donors (Lipinski definition) is 2. The molecule has 2 fully saturated rings. The molecular formula is C26H34O4. The molecule has 30 heavy (non-hydrogen) atoms. The molecule has 2 aliphatic rings. The molecule has 1 aliphatic heterocycles. The van der Waals surface area contributed by atoms with Crippen molar-refractivity contribution in [1.82, 2.24) is 0 Å². The first-order valence-corrected chi connectivity index (χ1v) is 11.4. The van der Waals surface area contributed by atoms with E-state index in [0.717, 1.165) is 44.5 Å². The lowest BCUT2D eigenvalue weighted by Gasteiger charge is -2.32. The lowest BCUT2D eigenvalue weighted by atomic mass is 9.76. The van der Waals surface area contributed by atoms with Gasteiger partial charge >= 0.3 is 0 Å². The molecule has 1 aliphatic carbocycles. The highest BCUT2D eigenvalue weighted by molar-refractivity contribution is 5.39. The van der Waals surface area contributed by atoms with Gasteiger partial charge in [-0.3, -0.25) is 0 Å². The topological polar surface area (TPSA) is 58.9 Å². The van der Waals surface area contributed by atoms with Crippen LogP contribution in [0.2, 0.25) is 0 Å². The summed E-state index contributed by atoms with van der Waals surface area (Å²) in [6, 6.07) is 15.2. The molecule has 4 atom stereocenters. The predicted molar refractivity (Wildman–Crippen MR) is 118 cm³/mol. The van der Waals surface area contributed by atoms with Crippen LogP contribution in [0.15, 0.2) is 42.5 Å². The highest BCUT2D eigenvalue weighted by atomic mass is 16.5. The highest BCUT2D eigenvalue weighted by Gasteiger charge is 2.28. The van der Waals surface area contributed by atoms with E-state index in [4.69, 9.17) is 9.47 Å². The second-order valence-corrected chi connectivity index (χ2v) is 8.91. The van der Waals surface area contributed by atoms with Crippen molar-refractivity contribution in [1.29, 1.82) is 0 Å². The van der Waals surface area contributed by atoms with Gasteiger partial charge in [0.2, 0.25) is 0 Å².